The molecule has 0 heterocycles. The van der Waals surface area contributed by atoms with Crippen LogP contribution in [0.2, 0.25) is 0 Å². The Labute approximate surface area is 128 Å². The minimum absolute atomic E-state index is 0.219. The third-order valence-corrected chi connectivity index (χ3v) is 3.01. The molecule has 114 valence electrons. The van der Waals surface area contributed by atoms with Crippen LogP contribution in [0.15, 0.2) is 48.5 Å². The van der Waals surface area contributed by atoms with Crippen molar-refractivity contribution in [2.75, 3.05) is 19.0 Å². The fourth-order valence-electron chi connectivity index (χ4n) is 2.01. The zero-order valence-corrected chi connectivity index (χ0v) is 12.5. The summed E-state index contributed by atoms with van der Waals surface area (Å²) in [5.74, 6) is -0.370. The second-order valence-electron chi connectivity index (χ2n) is 4.42. The Morgan fingerprint density at radius 3 is 2.32 bits per heavy atom. The lowest BCUT2D eigenvalue weighted by Gasteiger charge is -2.12. The van der Waals surface area contributed by atoms with Gasteiger partial charge in [0.25, 0.3) is 5.91 Å². The predicted molar refractivity (Wildman–Crippen MR) is 83.3 cm³/mol. The number of para-hydroxylation sites is 2. The molecule has 0 atom stereocenters. The molecular formula is C17H17NO4. The van der Waals surface area contributed by atoms with Gasteiger partial charge in [0.2, 0.25) is 0 Å². The molecule has 2 rings (SSSR count). The molecule has 0 unspecified atom stereocenters. The first-order valence-corrected chi connectivity index (χ1v) is 6.88. The number of benzene rings is 2. The molecule has 0 fully saturated rings. The molecule has 0 aromatic heterocycles. The molecule has 2 aromatic carbocycles. The van der Waals surface area contributed by atoms with Crippen LogP contribution in [0.25, 0.3) is 0 Å². The summed E-state index contributed by atoms with van der Waals surface area (Å²) in [7, 11) is 1.28. The first kappa shape index (κ1) is 15.6. The van der Waals surface area contributed by atoms with Crippen molar-refractivity contribution in [2.45, 2.75) is 6.92 Å². The van der Waals surface area contributed by atoms with E-state index in [0.717, 1.165) is 0 Å². The number of methoxy groups -OCH3 is 1. The molecule has 0 bridgehead atoms. The van der Waals surface area contributed by atoms with Crippen molar-refractivity contribution >= 4 is 17.6 Å². The van der Waals surface area contributed by atoms with Gasteiger partial charge in [0, 0.05) is 0 Å². The summed E-state index contributed by atoms with van der Waals surface area (Å²) in [6.45, 7) is 2.36. The quantitative estimate of drug-likeness (QED) is 0.862. The van der Waals surface area contributed by atoms with Crippen LogP contribution in [-0.4, -0.2) is 25.6 Å². The van der Waals surface area contributed by atoms with E-state index in [0.29, 0.717) is 18.0 Å². The van der Waals surface area contributed by atoms with E-state index in [1.165, 1.54) is 7.11 Å². The molecule has 22 heavy (non-hydrogen) atoms. The molecule has 0 aliphatic carbocycles. The van der Waals surface area contributed by atoms with Crippen molar-refractivity contribution in [1.29, 1.82) is 0 Å². The number of ether oxygens (including phenoxy) is 2. The van der Waals surface area contributed by atoms with Crippen LogP contribution in [0.5, 0.6) is 5.75 Å². The molecule has 5 heteroatoms. The van der Waals surface area contributed by atoms with E-state index in [-0.39, 0.29) is 11.1 Å². The van der Waals surface area contributed by atoms with Gasteiger partial charge in [-0.2, -0.15) is 0 Å². The number of carbonyl (C=O) groups is 2. The number of amides is 1. The van der Waals surface area contributed by atoms with Gasteiger partial charge in [-0.05, 0) is 31.2 Å². The number of nitrogens with one attached hydrogen (secondary N) is 1. The third kappa shape index (κ3) is 3.44. The normalized spacial score (nSPS) is 9.91. The topological polar surface area (TPSA) is 64.6 Å². The lowest BCUT2D eigenvalue weighted by molar-refractivity contribution is 0.0597. The van der Waals surface area contributed by atoms with E-state index < -0.39 is 11.9 Å². The largest absolute Gasteiger partial charge is 0.492 e. The van der Waals surface area contributed by atoms with Gasteiger partial charge in [0.1, 0.15) is 5.75 Å². The molecule has 0 saturated heterocycles. The minimum atomic E-state index is -0.552. The first-order chi connectivity index (χ1) is 10.7. The van der Waals surface area contributed by atoms with Gasteiger partial charge >= 0.3 is 5.97 Å². The van der Waals surface area contributed by atoms with Crippen LogP contribution >= 0.6 is 0 Å². The van der Waals surface area contributed by atoms with E-state index in [2.05, 4.69) is 5.32 Å². The molecule has 1 N–H and O–H groups in total. The van der Waals surface area contributed by atoms with E-state index in [1.54, 1.807) is 42.5 Å². The van der Waals surface area contributed by atoms with Crippen LogP contribution in [-0.2, 0) is 4.74 Å². The van der Waals surface area contributed by atoms with Crippen molar-refractivity contribution in [3.63, 3.8) is 0 Å². The number of anilines is 1. The van der Waals surface area contributed by atoms with Gasteiger partial charge in [-0.1, -0.05) is 24.3 Å². The van der Waals surface area contributed by atoms with Crippen molar-refractivity contribution in [3.05, 3.63) is 59.7 Å². The number of hydrogen-bond donors (Lipinski definition) is 1. The van der Waals surface area contributed by atoms with Crippen LogP contribution in [0.3, 0.4) is 0 Å². The molecule has 0 spiro atoms. The Balaban J connectivity index is 2.29. The van der Waals surface area contributed by atoms with E-state index in [1.807, 2.05) is 13.0 Å². The first-order valence-electron chi connectivity index (χ1n) is 6.88. The lowest BCUT2D eigenvalue weighted by Crippen LogP contribution is -2.17. The van der Waals surface area contributed by atoms with E-state index in [9.17, 15) is 9.59 Å². The van der Waals surface area contributed by atoms with Gasteiger partial charge in [-0.3, -0.25) is 4.79 Å². The molecule has 0 aliphatic rings. The van der Waals surface area contributed by atoms with Crippen molar-refractivity contribution in [1.82, 2.24) is 0 Å². The number of carbonyl (C=O) groups excluding carboxylic acids is 2. The van der Waals surface area contributed by atoms with Gasteiger partial charge in [-0.15, -0.1) is 0 Å². The third-order valence-electron chi connectivity index (χ3n) is 3.01. The molecule has 0 aliphatic heterocycles. The maximum Gasteiger partial charge on any atom is 0.338 e. The van der Waals surface area contributed by atoms with Crippen LogP contribution in [0.1, 0.15) is 27.6 Å². The molecule has 0 radical (unpaired) electrons. The van der Waals surface area contributed by atoms with Crippen molar-refractivity contribution in [2.24, 2.45) is 0 Å². The fourth-order valence-corrected chi connectivity index (χ4v) is 2.01. The van der Waals surface area contributed by atoms with E-state index >= 15 is 0 Å². The Kier molecular flexibility index (Phi) is 5.14. The fraction of sp³-hybridized carbons (Fsp3) is 0.176. The van der Waals surface area contributed by atoms with Gasteiger partial charge in [0.05, 0.1) is 30.5 Å². The Morgan fingerprint density at radius 1 is 1.00 bits per heavy atom. The highest BCUT2D eigenvalue weighted by molar-refractivity contribution is 6.11. The summed E-state index contributed by atoms with van der Waals surface area (Å²) in [5, 5.41) is 2.76. The predicted octanol–water partition coefficient (Wildman–Crippen LogP) is 3.12. The zero-order chi connectivity index (χ0) is 15.9. The highest BCUT2D eigenvalue weighted by Gasteiger charge is 2.18. The summed E-state index contributed by atoms with van der Waals surface area (Å²) >= 11 is 0. The van der Waals surface area contributed by atoms with Crippen molar-refractivity contribution < 1.29 is 19.1 Å². The summed E-state index contributed by atoms with van der Waals surface area (Å²) in [4.78, 5) is 24.2. The average molecular weight is 299 g/mol. The maximum atomic E-state index is 12.4. The smallest absolute Gasteiger partial charge is 0.338 e. The summed E-state index contributed by atoms with van der Waals surface area (Å²) in [6, 6.07) is 13.6. The summed E-state index contributed by atoms with van der Waals surface area (Å²) in [5.41, 5.74) is 1.02. The van der Waals surface area contributed by atoms with Gasteiger partial charge < -0.3 is 14.8 Å². The molecule has 2 aromatic rings. The van der Waals surface area contributed by atoms with Gasteiger partial charge in [0.15, 0.2) is 0 Å². The Hall–Kier alpha value is -2.82. The summed E-state index contributed by atoms with van der Waals surface area (Å²) < 4.78 is 10.2. The molecular weight excluding hydrogens is 282 g/mol. The minimum Gasteiger partial charge on any atom is -0.492 e. The standard InChI is InChI=1S/C17H17NO4/c1-3-22-15-11-7-6-10-14(15)18-16(19)12-8-4-5-9-13(12)17(20)21-2/h4-11H,3H2,1-2H3,(H,18,19). The maximum absolute atomic E-state index is 12.4. The van der Waals surface area contributed by atoms with Crippen LogP contribution < -0.4 is 10.1 Å². The zero-order valence-electron chi connectivity index (χ0n) is 12.5. The SMILES string of the molecule is CCOc1ccccc1NC(=O)c1ccccc1C(=O)OC. The number of rotatable bonds is 5. The second kappa shape index (κ2) is 7.26. The monoisotopic (exact) mass is 299 g/mol. The van der Waals surface area contributed by atoms with Gasteiger partial charge in [-0.25, -0.2) is 4.79 Å². The van der Waals surface area contributed by atoms with Crippen LogP contribution in [0, 0.1) is 0 Å². The second-order valence-corrected chi connectivity index (χ2v) is 4.42. The average Bonchev–Trinajstić information content (AvgIpc) is 2.56. The molecule has 0 saturated carbocycles. The number of esters is 1. The van der Waals surface area contributed by atoms with Crippen LogP contribution in [0.4, 0.5) is 5.69 Å². The van der Waals surface area contributed by atoms with E-state index in [4.69, 9.17) is 9.47 Å². The lowest BCUT2D eigenvalue weighted by atomic mass is 10.1. The number of hydrogen-bond acceptors (Lipinski definition) is 4. The Bertz CT molecular complexity index is 682. The Morgan fingerprint density at radius 2 is 1.64 bits per heavy atom. The molecule has 1 amide bonds. The highest BCUT2D eigenvalue weighted by Crippen LogP contribution is 2.24. The van der Waals surface area contributed by atoms with Crippen molar-refractivity contribution in [3.8, 4) is 5.75 Å². The summed E-state index contributed by atoms with van der Waals surface area (Å²) in [6.07, 6.45) is 0. The molecule has 5 nitrogen and oxygen atoms in total. The highest BCUT2D eigenvalue weighted by atomic mass is 16.5.